The van der Waals surface area contributed by atoms with Gasteiger partial charge in [-0.1, -0.05) is 43.3 Å². The number of hydrogen-bond donors (Lipinski definition) is 0. The van der Waals surface area contributed by atoms with Gasteiger partial charge < -0.3 is 4.90 Å². The molecule has 0 N–H and O–H groups in total. The first kappa shape index (κ1) is 16.3. The lowest BCUT2D eigenvalue weighted by Gasteiger charge is -2.17. The molecule has 19 heavy (non-hydrogen) atoms. The van der Waals surface area contributed by atoms with Crippen LogP contribution in [0.15, 0.2) is 12.1 Å². The Labute approximate surface area is 121 Å². The molecule has 1 aromatic carbocycles. The van der Waals surface area contributed by atoms with Crippen molar-refractivity contribution in [3.05, 3.63) is 34.4 Å². The van der Waals surface area contributed by atoms with Gasteiger partial charge in [-0.05, 0) is 45.0 Å². The summed E-state index contributed by atoms with van der Waals surface area (Å²) in [5.41, 5.74) is 4.31. The molecule has 0 amide bonds. The van der Waals surface area contributed by atoms with Crippen LogP contribution in [0, 0.1) is 20.8 Å². The molecule has 0 saturated carbocycles. The van der Waals surface area contributed by atoms with Crippen molar-refractivity contribution in [1.29, 1.82) is 0 Å². The van der Waals surface area contributed by atoms with Crippen molar-refractivity contribution in [2.24, 2.45) is 0 Å². The van der Waals surface area contributed by atoms with E-state index in [9.17, 15) is 4.79 Å². The molecular weight excluding hydrogens is 254 g/mol. The summed E-state index contributed by atoms with van der Waals surface area (Å²) < 4.78 is 0. The van der Waals surface area contributed by atoms with Crippen molar-refractivity contribution in [3.8, 4) is 0 Å². The Hall–Kier alpha value is -0.800. The molecule has 0 radical (unpaired) electrons. The first-order chi connectivity index (χ1) is 8.99. The molecule has 106 valence electrons. The van der Waals surface area contributed by atoms with Gasteiger partial charge in [0.15, 0.2) is 0 Å². The second-order valence-corrected chi connectivity index (χ2v) is 6.00. The topological polar surface area (TPSA) is 20.3 Å². The zero-order chi connectivity index (χ0) is 14.4. The summed E-state index contributed by atoms with van der Waals surface area (Å²) in [6.45, 7) is 13.5. The number of aryl methyl sites for hydroxylation is 3. The molecule has 0 aliphatic carbocycles. The van der Waals surface area contributed by atoms with Crippen LogP contribution < -0.4 is 0 Å². The van der Waals surface area contributed by atoms with Gasteiger partial charge in [0.05, 0.1) is 0 Å². The minimum atomic E-state index is 0.210. The van der Waals surface area contributed by atoms with Crippen LogP contribution >= 0.6 is 11.8 Å². The molecule has 0 aromatic heterocycles. The third kappa shape index (κ3) is 4.66. The van der Waals surface area contributed by atoms with E-state index >= 15 is 0 Å². The highest BCUT2D eigenvalue weighted by atomic mass is 32.2. The maximum Gasteiger partial charge on any atom is 0.219 e. The average molecular weight is 279 g/mol. The lowest BCUT2D eigenvalue weighted by Crippen LogP contribution is -2.25. The average Bonchev–Trinajstić information content (AvgIpc) is 2.33. The van der Waals surface area contributed by atoms with E-state index in [1.165, 1.54) is 17.3 Å². The van der Waals surface area contributed by atoms with Crippen molar-refractivity contribution in [1.82, 2.24) is 4.90 Å². The maximum atomic E-state index is 12.3. The van der Waals surface area contributed by atoms with Gasteiger partial charge in [0.2, 0.25) is 5.12 Å². The maximum absolute atomic E-state index is 12.3. The molecule has 0 saturated heterocycles. The SMILES string of the molecule is CCN(CC)CCSC(=O)c1c(C)cc(C)cc1C. The van der Waals surface area contributed by atoms with Gasteiger partial charge in [0, 0.05) is 17.9 Å². The summed E-state index contributed by atoms with van der Waals surface area (Å²) in [7, 11) is 0. The van der Waals surface area contributed by atoms with Gasteiger partial charge in [-0.2, -0.15) is 0 Å². The molecule has 1 aromatic rings. The van der Waals surface area contributed by atoms with Crippen LogP contribution in [-0.2, 0) is 0 Å². The molecule has 0 atom stereocenters. The van der Waals surface area contributed by atoms with Crippen molar-refractivity contribution < 1.29 is 4.79 Å². The van der Waals surface area contributed by atoms with E-state index in [1.807, 2.05) is 13.8 Å². The first-order valence-electron chi connectivity index (χ1n) is 6.96. The van der Waals surface area contributed by atoms with Crippen LogP contribution in [0.4, 0.5) is 0 Å². The van der Waals surface area contributed by atoms with Crippen LogP contribution in [0.25, 0.3) is 0 Å². The fourth-order valence-corrected chi connectivity index (χ4v) is 3.38. The number of carbonyl (C=O) groups excluding carboxylic acids is 1. The van der Waals surface area contributed by atoms with E-state index in [2.05, 4.69) is 37.8 Å². The molecule has 3 heteroatoms. The zero-order valence-electron chi connectivity index (χ0n) is 12.7. The van der Waals surface area contributed by atoms with Crippen molar-refractivity contribution in [2.75, 3.05) is 25.4 Å². The Morgan fingerprint density at radius 1 is 1.11 bits per heavy atom. The molecule has 2 nitrogen and oxygen atoms in total. The Kier molecular flexibility index (Phi) is 6.59. The standard InChI is InChI=1S/C16H25NOS/c1-6-17(7-2)8-9-19-16(18)15-13(4)10-12(3)11-14(15)5/h10-11H,6-9H2,1-5H3. The lowest BCUT2D eigenvalue weighted by molar-refractivity contribution is 0.108. The Morgan fingerprint density at radius 3 is 2.11 bits per heavy atom. The Bertz CT molecular complexity index is 415. The molecule has 0 fully saturated rings. The highest BCUT2D eigenvalue weighted by molar-refractivity contribution is 8.14. The highest BCUT2D eigenvalue weighted by Gasteiger charge is 2.13. The third-order valence-corrected chi connectivity index (χ3v) is 4.27. The van der Waals surface area contributed by atoms with E-state index in [1.54, 1.807) is 0 Å². The predicted molar refractivity (Wildman–Crippen MR) is 85.2 cm³/mol. The molecule has 0 aliphatic rings. The lowest BCUT2D eigenvalue weighted by atomic mass is 10.0. The number of benzene rings is 1. The molecule has 0 bridgehead atoms. The second-order valence-electron chi connectivity index (χ2n) is 4.94. The van der Waals surface area contributed by atoms with Gasteiger partial charge in [-0.15, -0.1) is 0 Å². The molecule has 0 spiro atoms. The summed E-state index contributed by atoms with van der Waals surface area (Å²) in [6, 6.07) is 4.18. The smallest absolute Gasteiger partial charge is 0.219 e. The third-order valence-electron chi connectivity index (χ3n) is 3.42. The van der Waals surface area contributed by atoms with Crippen LogP contribution in [0.1, 0.15) is 40.9 Å². The Morgan fingerprint density at radius 2 is 1.63 bits per heavy atom. The van der Waals surface area contributed by atoms with E-state index in [0.717, 1.165) is 42.1 Å². The Balaban J connectivity index is 2.64. The van der Waals surface area contributed by atoms with Crippen LogP contribution in [0.5, 0.6) is 0 Å². The predicted octanol–water partition coefficient (Wildman–Crippen LogP) is 3.83. The van der Waals surface area contributed by atoms with Gasteiger partial charge in [-0.25, -0.2) is 0 Å². The van der Waals surface area contributed by atoms with E-state index in [-0.39, 0.29) is 5.12 Å². The van der Waals surface area contributed by atoms with E-state index in [4.69, 9.17) is 0 Å². The molecule has 1 rings (SSSR count). The largest absolute Gasteiger partial charge is 0.303 e. The number of carbonyl (C=O) groups is 1. The number of thioether (sulfide) groups is 1. The van der Waals surface area contributed by atoms with Crippen LogP contribution in [0.3, 0.4) is 0 Å². The molecule has 0 unspecified atom stereocenters. The highest BCUT2D eigenvalue weighted by Crippen LogP contribution is 2.22. The monoisotopic (exact) mass is 279 g/mol. The first-order valence-corrected chi connectivity index (χ1v) is 7.95. The fourth-order valence-electron chi connectivity index (χ4n) is 2.38. The van der Waals surface area contributed by atoms with Crippen LogP contribution in [-0.4, -0.2) is 35.4 Å². The molecule has 0 aliphatic heterocycles. The summed E-state index contributed by atoms with van der Waals surface area (Å²) in [4.78, 5) is 14.6. The second kappa shape index (κ2) is 7.71. The van der Waals surface area contributed by atoms with Crippen molar-refractivity contribution in [2.45, 2.75) is 34.6 Å². The molecular formula is C16H25NOS. The summed E-state index contributed by atoms with van der Waals surface area (Å²) in [5, 5.41) is 0.210. The van der Waals surface area contributed by atoms with Gasteiger partial charge in [0.25, 0.3) is 0 Å². The minimum Gasteiger partial charge on any atom is -0.303 e. The number of rotatable bonds is 6. The van der Waals surface area contributed by atoms with E-state index in [0.29, 0.717) is 0 Å². The fraction of sp³-hybridized carbons (Fsp3) is 0.562. The van der Waals surface area contributed by atoms with Gasteiger partial charge in [-0.3, -0.25) is 4.79 Å². The van der Waals surface area contributed by atoms with Crippen molar-refractivity contribution >= 4 is 16.9 Å². The summed E-state index contributed by atoms with van der Waals surface area (Å²) >= 11 is 1.44. The van der Waals surface area contributed by atoms with Crippen LogP contribution in [0.2, 0.25) is 0 Å². The quantitative estimate of drug-likeness (QED) is 0.789. The summed E-state index contributed by atoms with van der Waals surface area (Å²) in [5.74, 6) is 0.868. The minimum absolute atomic E-state index is 0.210. The zero-order valence-corrected chi connectivity index (χ0v) is 13.6. The normalized spacial score (nSPS) is 11.1. The summed E-state index contributed by atoms with van der Waals surface area (Å²) in [6.07, 6.45) is 0. The van der Waals surface area contributed by atoms with Gasteiger partial charge >= 0.3 is 0 Å². The van der Waals surface area contributed by atoms with Gasteiger partial charge in [0.1, 0.15) is 0 Å². The van der Waals surface area contributed by atoms with Crippen molar-refractivity contribution in [3.63, 3.8) is 0 Å². The number of hydrogen-bond acceptors (Lipinski definition) is 3. The molecule has 0 heterocycles. The van der Waals surface area contributed by atoms with E-state index < -0.39 is 0 Å². The number of nitrogens with zero attached hydrogens (tertiary/aromatic N) is 1.